The molecular weight excluding hydrogens is 198 g/mol. The number of rotatable bonds is 1. The molecule has 1 saturated heterocycles. The Morgan fingerprint density at radius 2 is 2.12 bits per heavy atom. The van der Waals surface area contributed by atoms with Gasteiger partial charge in [0, 0.05) is 32.3 Å². The quantitative estimate of drug-likeness (QED) is 0.712. The Morgan fingerprint density at radius 1 is 1.25 bits per heavy atom. The molecule has 2 heteroatoms. The lowest BCUT2D eigenvalue weighted by atomic mass is 9.97. The van der Waals surface area contributed by atoms with E-state index in [4.69, 9.17) is 4.74 Å². The summed E-state index contributed by atoms with van der Waals surface area (Å²) in [6.07, 6.45) is 3.60. The fourth-order valence-corrected chi connectivity index (χ4v) is 2.81. The van der Waals surface area contributed by atoms with Gasteiger partial charge in [0.1, 0.15) is 0 Å². The molecule has 16 heavy (non-hydrogen) atoms. The van der Waals surface area contributed by atoms with E-state index < -0.39 is 0 Å². The van der Waals surface area contributed by atoms with Crippen molar-refractivity contribution in [3.63, 3.8) is 0 Å². The van der Waals surface area contributed by atoms with Crippen LogP contribution in [0.3, 0.4) is 0 Å². The molecule has 3 rings (SSSR count). The SMILES string of the molecule is [c]1ccc2c(c1)CN(C1CCOCC1)CC2. The number of hydrogen-bond acceptors (Lipinski definition) is 2. The van der Waals surface area contributed by atoms with Crippen LogP contribution < -0.4 is 0 Å². The van der Waals surface area contributed by atoms with Crippen molar-refractivity contribution < 1.29 is 4.74 Å². The molecule has 0 aliphatic carbocycles. The summed E-state index contributed by atoms with van der Waals surface area (Å²) in [4.78, 5) is 2.62. The monoisotopic (exact) mass is 216 g/mol. The Bertz CT molecular complexity index is 358. The maximum atomic E-state index is 5.43. The maximum Gasteiger partial charge on any atom is 0.0480 e. The summed E-state index contributed by atoms with van der Waals surface area (Å²) in [6, 6.07) is 10.3. The highest BCUT2D eigenvalue weighted by Crippen LogP contribution is 2.23. The van der Waals surface area contributed by atoms with Gasteiger partial charge in [0.15, 0.2) is 0 Å². The highest BCUT2D eigenvalue weighted by molar-refractivity contribution is 5.28. The second-order valence-electron chi connectivity index (χ2n) is 4.76. The minimum Gasteiger partial charge on any atom is -0.381 e. The van der Waals surface area contributed by atoms with Crippen molar-refractivity contribution in [2.24, 2.45) is 0 Å². The van der Waals surface area contributed by atoms with Crippen molar-refractivity contribution in [3.8, 4) is 0 Å². The van der Waals surface area contributed by atoms with Crippen molar-refractivity contribution in [3.05, 3.63) is 35.4 Å². The third-order valence-electron chi connectivity index (χ3n) is 3.80. The summed E-state index contributed by atoms with van der Waals surface area (Å²) < 4.78 is 5.43. The molecule has 1 aromatic carbocycles. The molecular formula is C14H18NO. The highest BCUT2D eigenvalue weighted by Gasteiger charge is 2.24. The summed E-state index contributed by atoms with van der Waals surface area (Å²) in [5, 5.41) is 0. The standard InChI is InChI=1S/C14H18NO/c1-2-4-13-11-15(8-5-12(13)3-1)14-6-9-16-10-7-14/h1,3-4,14H,5-11H2. The largest absolute Gasteiger partial charge is 0.381 e. The zero-order chi connectivity index (χ0) is 10.8. The highest BCUT2D eigenvalue weighted by atomic mass is 16.5. The number of benzene rings is 1. The molecule has 2 aliphatic heterocycles. The van der Waals surface area contributed by atoms with Crippen LogP contribution in [0.2, 0.25) is 0 Å². The summed E-state index contributed by atoms with van der Waals surface area (Å²) in [6.45, 7) is 4.20. The van der Waals surface area contributed by atoms with Gasteiger partial charge >= 0.3 is 0 Å². The van der Waals surface area contributed by atoms with Crippen LogP contribution in [0.5, 0.6) is 0 Å². The minimum atomic E-state index is 0.738. The van der Waals surface area contributed by atoms with Gasteiger partial charge in [-0.1, -0.05) is 12.1 Å². The number of hydrogen-bond donors (Lipinski definition) is 0. The average Bonchev–Trinajstić information content (AvgIpc) is 2.39. The molecule has 0 amide bonds. The molecule has 85 valence electrons. The molecule has 0 aromatic heterocycles. The van der Waals surface area contributed by atoms with Gasteiger partial charge in [-0.2, -0.15) is 0 Å². The third-order valence-corrected chi connectivity index (χ3v) is 3.80. The molecule has 2 aliphatic rings. The molecule has 2 nitrogen and oxygen atoms in total. The van der Waals surface area contributed by atoms with Crippen LogP contribution in [-0.2, 0) is 17.7 Å². The van der Waals surface area contributed by atoms with Gasteiger partial charge in [0.2, 0.25) is 0 Å². The lowest BCUT2D eigenvalue weighted by Crippen LogP contribution is -2.42. The summed E-state index contributed by atoms with van der Waals surface area (Å²) in [7, 11) is 0. The van der Waals surface area contributed by atoms with Crippen molar-refractivity contribution in [1.29, 1.82) is 0 Å². The first-order valence-corrected chi connectivity index (χ1v) is 6.23. The second-order valence-corrected chi connectivity index (χ2v) is 4.76. The molecule has 0 saturated carbocycles. The topological polar surface area (TPSA) is 12.5 Å². The van der Waals surface area contributed by atoms with Gasteiger partial charge in [0.05, 0.1) is 0 Å². The molecule has 1 aromatic rings. The fourth-order valence-electron chi connectivity index (χ4n) is 2.81. The Morgan fingerprint density at radius 3 is 3.00 bits per heavy atom. The predicted octanol–water partition coefficient (Wildman–Crippen LogP) is 2.02. The van der Waals surface area contributed by atoms with E-state index in [0.29, 0.717) is 0 Å². The molecule has 0 bridgehead atoms. The zero-order valence-corrected chi connectivity index (χ0v) is 9.61. The number of nitrogens with zero attached hydrogens (tertiary/aromatic N) is 1. The van der Waals surface area contributed by atoms with E-state index >= 15 is 0 Å². The Hall–Kier alpha value is -0.860. The Kier molecular flexibility index (Phi) is 2.94. The van der Waals surface area contributed by atoms with Gasteiger partial charge in [-0.25, -0.2) is 0 Å². The van der Waals surface area contributed by atoms with Crippen LogP contribution >= 0.6 is 0 Å². The first-order chi connectivity index (χ1) is 7.93. The Labute approximate surface area is 97.2 Å². The lowest BCUT2D eigenvalue weighted by Gasteiger charge is -2.37. The van der Waals surface area contributed by atoms with Crippen LogP contribution in [0, 0.1) is 6.07 Å². The van der Waals surface area contributed by atoms with Crippen molar-refractivity contribution in [1.82, 2.24) is 4.90 Å². The molecule has 1 fully saturated rings. The van der Waals surface area contributed by atoms with Crippen molar-refractivity contribution in [2.75, 3.05) is 19.8 Å². The fraction of sp³-hybridized carbons (Fsp3) is 0.571. The van der Waals surface area contributed by atoms with Gasteiger partial charge in [0.25, 0.3) is 0 Å². The molecule has 1 radical (unpaired) electrons. The van der Waals surface area contributed by atoms with E-state index in [1.165, 1.54) is 36.9 Å². The second kappa shape index (κ2) is 4.56. The average molecular weight is 216 g/mol. The van der Waals surface area contributed by atoms with E-state index in [0.717, 1.165) is 25.8 Å². The zero-order valence-electron chi connectivity index (χ0n) is 9.61. The molecule has 0 N–H and O–H groups in total. The van der Waals surface area contributed by atoms with E-state index in [2.05, 4.69) is 23.1 Å². The van der Waals surface area contributed by atoms with Gasteiger partial charge < -0.3 is 4.74 Å². The van der Waals surface area contributed by atoms with E-state index in [9.17, 15) is 0 Å². The molecule has 0 spiro atoms. The van der Waals surface area contributed by atoms with Crippen LogP contribution in [-0.4, -0.2) is 30.7 Å². The van der Waals surface area contributed by atoms with Gasteiger partial charge in [-0.3, -0.25) is 4.90 Å². The van der Waals surface area contributed by atoms with Crippen LogP contribution in [0.1, 0.15) is 24.0 Å². The van der Waals surface area contributed by atoms with Crippen molar-refractivity contribution in [2.45, 2.75) is 31.8 Å². The molecule has 0 atom stereocenters. The first kappa shape index (κ1) is 10.3. The third kappa shape index (κ3) is 2.00. The van der Waals surface area contributed by atoms with Crippen LogP contribution in [0.25, 0.3) is 0 Å². The first-order valence-electron chi connectivity index (χ1n) is 6.23. The maximum absolute atomic E-state index is 5.43. The summed E-state index contributed by atoms with van der Waals surface area (Å²) >= 11 is 0. The van der Waals surface area contributed by atoms with Gasteiger partial charge in [-0.15, -0.1) is 0 Å². The number of ether oxygens (including phenoxy) is 1. The van der Waals surface area contributed by atoms with Gasteiger partial charge in [-0.05, 0) is 42.5 Å². The minimum absolute atomic E-state index is 0.738. The van der Waals surface area contributed by atoms with E-state index in [1.54, 1.807) is 0 Å². The summed E-state index contributed by atoms with van der Waals surface area (Å²) in [5.41, 5.74) is 2.99. The number of fused-ring (bicyclic) bond motifs is 1. The normalized spacial score (nSPS) is 23.0. The lowest BCUT2D eigenvalue weighted by molar-refractivity contribution is 0.0290. The predicted molar refractivity (Wildman–Crippen MR) is 63.2 cm³/mol. The molecule has 2 heterocycles. The van der Waals surface area contributed by atoms with E-state index in [1.807, 2.05) is 6.07 Å². The van der Waals surface area contributed by atoms with Crippen LogP contribution in [0.4, 0.5) is 0 Å². The summed E-state index contributed by atoms with van der Waals surface area (Å²) in [5.74, 6) is 0. The van der Waals surface area contributed by atoms with Crippen LogP contribution in [0.15, 0.2) is 18.2 Å². The smallest absolute Gasteiger partial charge is 0.0480 e. The molecule has 0 unspecified atom stereocenters. The van der Waals surface area contributed by atoms with E-state index in [-0.39, 0.29) is 0 Å². The van der Waals surface area contributed by atoms with Crippen molar-refractivity contribution >= 4 is 0 Å². The Balaban J connectivity index is 1.72.